The predicted octanol–water partition coefficient (Wildman–Crippen LogP) is 1.84. The van der Waals surface area contributed by atoms with E-state index < -0.39 is 40.8 Å². The summed E-state index contributed by atoms with van der Waals surface area (Å²) in [6.45, 7) is 2.25. The molecule has 186 valence electrons. The van der Waals surface area contributed by atoms with Crippen LogP contribution in [0.3, 0.4) is 0 Å². The summed E-state index contributed by atoms with van der Waals surface area (Å²) in [6, 6.07) is 2.72. The molecule has 3 heterocycles. The fourth-order valence-corrected chi connectivity index (χ4v) is 4.10. The van der Waals surface area contributed by atoms with Gasteiger partial charge < -0.3 is 24.8 Å². The van der Waals surface area contributed by atoms with Gasteiger partial charge in [0, 0.05) is 25.2 Å². The monoisotopic (exact) mass is 486 g/mol. The number of likely N-dealkylation sites (N-methyl/N-ethyl adjacent to an activating group) is 1. The minimum Gasteiger partial charge on any atom is -0.501 e. The largest absolute Gasteiger partial charge is 0.501 e. The first kappa shape index (κ1) is 24.4. The van der Waals surface area contributed by atoms with Gasteiger partial charge in [0.05, 0.1) is 25.9 Å². The molecule has 35 heavy (non-hydrogen) atoms. The lowest BCUT2D eigenvalue weighted by Gasteiger charge is -2.27. The molecule has 0 radical (unpaired) electrons. The molecular formula is C24H27FN4O6. The molecule has 10 nitrogen and oxygen atoms in total. The van der Waals surface area contributed by atoms with Crippen molar-refractivity contribution in [3.63, 3.8) is 0 Å². The summed E-state index contributed by atoms with van der Waals surface area (Å²) in [6.07, 6.45) is 3.91. The Labute approximate surface area is 201 Å². The number of amides is 2. The summed E-state index contributed by atoms with van der Waals surface area (Å²) in [5.41, 5.74) is -0.753. The number of fused-ring (bicyclic) bond motifs is 2. The van der Waals surface area contributed by atoms with Crippen molar-refractivity contribution >= 4 is 11.8 Å². The van der Waals surface area contributed by atoms with Gasteiger partial charge in [-0.3, -0.25) is 19.0 Å². The molecule has 0 unspecified atom stereocenters. The maximum atomic E-state index is 13.8. The van der Waals surface area contributed by atoms with Crippen LogP contribution in [0.1, 0.15) is 53.7 Å². The van der Waals surface area contributed by atoms with Crippen LogP contribution in [0.25, 0.3) is 0 Å². The van der Waals surface area contributed by atoms with Crippen LogP contribution in [0, 0.1) is 5.82 Å². The van der Waals surface area contributed by atoms with E-state index in [4.69, 9.17) is 9.47 Å². The number of nitrogens with zero attached hydrogens (tertiary/aromatic N) is 3. The Hall–Kier alpha value is -3.73. The zero-order valence-electron chi connectivity index (χ0n) is 19.5. The van der Waals surface area contributed by atoms with Crippen molar-refractivity contribution < 1.29 is 28.6 Å². The maximum Gasteiger partial charge on any atom is 0.296 e. The first-order valence-corrected chi connectivity index (χ1v) is 11.4. The molecule has 1 aromatic carbocycles. The standard InChI is InChI=1S/C24H27FN4O6/c1-3-16-12-34-13-17-22-27-20(21(31)24(33)29(16)22)23(32)26-11-14-7-8-15(25)10-18(14)35-9-5-4-6-19(30)28(17)2/h4,6-8,10,16-17,31H,3,5,9,11-13H2,1-2H3,(H,26,32)/b6-4+/t16-,17+/m0/s1. The lowest BCUT2D eigenvalue weighted by atomic mass is 10.1. The molecule has 0 fully saturated rings. The van der Waals surface area contributed by atoms with Gasteiger partial charge in [0.2, 0.25) is 11.7 Å². The van der Waals surface area contributed by atoms with Crippen molar-refractivity contribution in [1.29, 1.82) is 0 Å². The van der Waals surface area contributed by atoms with E-state index in [-0.39, 0.29) is 43.8 Å². The van der Waals surface area contributed by atoms with E-state index in [1.54, 1.807) is 13.1 Å². The lowest BCUT2D eigenvalue weighted by Crippen LogP contribution is -2.39. The number of benzene rings is 1. The quantitative estimate of drug-likeness (QED) is 0.631. The molecule has 0 spiro atoms. The maximum absolute atomic E-state index is 13.8. The van der Waals surface area contributed by atoms with Crippen LogP contribution in [-0.4, -0.2) is 58.2 Å². The minimum absolute atomic E-state index is 0.0493. The van der Waals surface area contributed by atoms with E-state index in [9.17, 15) is 23.9 Å². The SMILES string of the molecule is CC[C@H]1COC[C@@H]2c3nc(c(O)c(=O)n31)C(=O)NCc1ccc(F)cc1OCC/C=C/C(=O)N2C. The molecular weight excluding hydrogens is 459 g/mol. The van der Waals surface area contributed by atoms with E-state index >= 15 is 0 Å². The molecule has 0 aliphatic carbocycles. The van der Waals surface area contributed by atoms with Crippen molar-refractivity contribution in [3.05, 3.63) is 63.6 Å². The van der Waals surface area contributed by atoms with Crippen LogP contribution in [-0.2, 0) is 16.1 Å². The highest BCUT2D eigenvalue weighted by atomic mass is 19.1. The molecule has 2 aliphatic heterocycles. The average Bonchev–Trinajstić information content (AvgIpc) is 3.03. The molecule has 2 aromatic rings. The topological polar surface area (TPSA) is 123 Å². The molecule has 2 aliphatic rings. The third kappa shape index (κ3) is 4.90. The van der Waals surface area contributed by atoms with Gasteiger partial charge in [-0.15, -0.1) is 0 Å². The highest BCUT2D eigenvalue weighted by Crippen LogP contribution is 2.28. The van der Waals surface area contributed by atoms with Crippen LogP contribution in [0.4, 0.5) is 4.39 Å². The Balaban J connectivity index is 1.84. The van der Waals surface area contributed by atoms with E-state index in [1.165, 1.54) is 33.7 Å². The third-order valence-electron chi connectivity index (χ3n) is 6.14. The second kappa shape index (κ2) is 10.3. The van der Waals surface area contributed by atoms with Crippen molar-refractivity contribution in [2.45, 2.75) is 38.4 Å². The number of hydrogen-bond acceptors (Lipinski definition) is 7. The number of carbonyl (C=O) groups is 2. The summed E-state index contributed by atoms with van der Waals surface area (Å²) in [7, 11) is 1.55. The number of aromatic hydroxyl groups is 1. The number of carbonyl (C=O) groups excluding carboxylic acids is 2. The van der Waals surface area contributed by atoms with Gasteiger partial charge in [0.1, 0.15) is 23.4 Å². The van der Waals surface area contributed by atoms with Crippen LogP contribution in [0.5, 0.6) is 11.5 Å². The van der Waals surface area contributed by atoms with Gasteiger partial charge in [-0.25, -0.2) is 9.37 Å². The molecule has 0 saturated carbocycles. The van der Waals surface area contributed by atoms with Gasteiger partial charge in [-0.05, 0) is 25.0 Å². The lowest BCUT2D eigenvalue weighted by molar-refractivity contribution is -0.128. The number of halogens is 1. The van der Waals surface area contributed by atoms with Gasteiger partial charge >= 0.3 is 0 Å². The molecule has 11 heteroatoms. The Kier molecular flexibility index (Phi) is 7.15. The Morgan fingerprint density at radius 2 is 2.06 bits per heavy atom. The molecule has 2 bridgehead atoms. The number of aromatic nitrogens is 2. The van der Waals surface area contributed by atoms with Crippen molar-refractivity contribution in [2.75, 3.05) is 26.9 Å². The van der Waals surface area contributed by atoms with Crippen LogP contribution < -0.4 is 15.6 Å². The predicted molar refractivity (Wildman–Crippen MR) is 123 cm³/mol. The molecule has 4 rings (SSSR count). The highest BCUT2D eigenvalue weighted by Gasteiger charge is 2.34. The summed E-state index contributed by atoms with van der Waals surface area (Å²) in [4.78, 5) is 44.8. The molecule has 2 atom stereocenters. The zero-order valence-corrected chi connectivity index (χ0v) is 19.5. The van der Waals surface area contributed by atoms with Crippen molar-refractivity contribution in [2.24, 2.45) is 0 Å². The Morgan fingerprint density at radius 3 is 2.83 bits per heavy atom. The van der Waals surface area contributed by atoms with Gasteiger partial charge in [0.15, 0.2) is 5.69 Å². The second-order valence-electron chi connectivity index (χ2n) is 8.38. The average molecular weight is 487 g/mol. The molecule has 2 N–H and O–H groups in total. The van der Waals surface area contributed by atoms with Gasteiger partial charge in [-0.2, -0.15) is 0 Å². The first-order valence-electron chi connectivity index (χ1n) is 11.4. The summed E-state index contributed by atoms with van der Waals surface area (Å²) in [5.74, 6) is -2.08. The second-order valence-corrected chi connectivity index (χ2v) is 8.38. The summed E-state index contributed by atoms with van der Waals surface area (Å²) in [5, 5.41) is 13.2. The number of ether oxygens (including phenoxy) is 2. The highest BCUT2D eigenvalue weighted by molar-refractivity contribution is 5.94. The van der Waals surface area contributed by atoms with Gasteiger partial charge in [-0.1, -0.05) is 19.1 Å². The summed E-state index contributed by atoms with van der Waals surface area (Å²) < 4.78 is 26.5. The Morgan fingerprint density at radius 1 is 1.26 bits per heavy atom. The van der Waals surface area contributed by atoms with Gasteiger partial charge in [0.25, 0.3) is 11.5 Å². The Bertz CT molecular complexity index is 1230. The van der Waals surface area contributed by atoms with E-state index in [1.807, 2.05) is 6.92 Å². The first-order chi connectivity index (χ1) is 16.8. The van der Waals surface area contributed by atoms with E-state index in [2.05, 4.69) is 10.3 Å². The fraction of sp³-hybridized carbons (Fsp3) is 0.417. The van der Waals surface area contributed by atoms with E-state index in [0.29, 0.717) is 18.4 Å². The van der Waals surface area contributed by atoms with Crippen LogP contribution in [0.2, 0.25) is 0 Å². The molecule has 1 aromatic heterocycles. The fourth-order valence-electron chi connectivity index (χ4n) is 4.10. The number of rotatable bonds is 1. The normalized spacial score (nSPS) is 22.0. The smallest absolute Gasteiger partial charge is 0.296 e. The van der Waals surface area contributed by atoms with Crippen LogP contribution in [0.15, 0.2) is 35.1 Å². The van der Waals surface area contributed by atoms with E-state index in [0.717, 1.165) is 0 Å². The number of hydrogen-bond donors (Lipinski definition) is 2. The van der Waals surface area contributed by atoms with Crippen molar-refractivity contribution in [3.8, 4) is 11.5 Å². The zero-order chi connectivity index (χ0) is 25.1. The molecule has 2 amide bonds. The minimum atomic E-state index is -0.795. The van der Waals surface area contributed by atoms with Crippen LogP contribution >= 0.6 is 0 Å². The third-order valence-corrected chi connectivity index (χ3v) is 6.14. The molecule has 0 saturated heterocycles. The van der Waals surface area contributed by atoms with Crippen molar-refractivity contribution in [1.82, 2.24) is 19.8 Å². The summed E-state index contributed by atoms with van der Waals surface area (Å²) >= 11 is 0. The number of nitrogens with one attached hydrogen (secondary N) is 1.